The van der Waals surface area contributed by atoms with E-state index in [1.165, 1.54) is 26.6 Å². The Balaban J connectivity index is 2.18. The third kappa shape index (κ3) is 3.38. The van der Waals surface area contributed by atoms with Crippen molar-refractivity contribution in [3.05, 3.63) is 51.2 Å². The van der Waals surface area contributed by atoms with Crippen molar-refractivity contribution in [2.24, 2.45) is 0 Å². The summed E-state index contributed by atoms with van der Waals surface area (Å²) in [5.41, 5.74) is 4.20. The van der Waals surface area contributed by atoms with Gasteiger partial charge in [0, 0.05) is 22.0 Å². The van der Waals surface area contributed by atoms with Gasteiger partial charge in [-0.05, 0) is 42.5 Å². The number of nitrogens with one attached hydrogen (secondary N) is 1. The fourth-order valence-electron chi connectivity index (χ4n) is 2.34. The Hall–Kier alpha value is -1.28. The van der Waals surface area contributed by atoms with E-state index in [1.54, 1.807) is 0 Å². The van der Waals surface area contributed by atoms with Crippen molar-refractivity contribution in [1.29, 1.82) is 0 Å². The van der Waals surface area contributed by atoms with E-state index in [-0.39, 0.29) is 5.41 Å². The van der Waals surface area contributed by atoms with Crippen LogP contribution in [0.1, 0.15) is 41.7 Å². The number of benzene rings is 1. The lowest BCUT2D eigenvalue weighted by molar-refractivity contribution is 0.591. The fraction of sp³-hybridized carbons (Fsp3) is 0.412. The number of aryl methyl sites for hydroxylation is 2. The largest absolute Gasteiger partial charge is 0.381 e. The molecule has 19 heavy (non-hydrogen) atoms. The van der Waals surface area contributed by atoms with Gasteiger partial charge in [0.05, 0.1) is 0 Å². The molecule has 2 aromatic rings. The molecule has 1 aromatic heterocycles. The van der Waals surface area contributed by atoms with Gasteiger partial charge >= 0.3 is 0 Å². The van der Waals surface area contributed by atoms with E-state index in [2.05, 4.69) is 70.3 Å². The predicted octanol–water partition coefficient (Wildman–Crippen LogP) is 5.27. The van der Waals surface area contributed by atoms with Crippen LogP contribution in [0.3, 0.4) is 0 Å². The van der Waals surface area contributed by atoms with Crippen LogP contribution in [0.2, 0.25) is 0 Å². The molecule has 0 fully saturated rings. The molecule has 1 aromatic carbocycles. The average Bonchev–Trinajstić information content (AvgIpc) is 2.64. The van der Waals surface area contributed by atoms with Crippen LogP contribution in [0.5, 0.6) is 0 Å². The molecular formula is C17H23NS. The fourth-order valence-corrected chi connectivity index (χ4v) is 3.29. The number of hydrogen-bond acceptors (Lipinski definition) is 2. The van der Waals surface area contributed by atoms with E-state index >= 15 is 0 Å². The molecule has 0 unspecified atom stereocenters. The zero-order valence-corrected chi connectivity index (χ0v) is 13.3. The van der Waals surface area contributed by atoms with Crippen molar-refractivity contribution in [1.82, 2.24) is 0 Å². The molecule has 0 bridgehead atoms. The van der Waals surface area contributed by atoms with Gasteiger partial charge in [0.15, 0.2) is 0 Å². The van der Waals surface area contributed by atoms with Crippen LogP contribution in [0.15, 0.2) is 30.3 Å². The number of hydrogen-bond donors (Lipinski definition) is 1. The summed E-state index contributed by atoms with van der Waals surface area (Å²) in [5.74, 6) is 0. The van der Waals surface area contributed by atoms with Gasteiger partial charge in [0.2, 0.25) is 0 Å². The van der Waals surface area contributed by atoms with Crippen molar-refractivity contribution in [3.63, 3.8) is 0 Å². The average molecular weight is 273 g/mol. The number of thiophene rings is 1. The van der Waals surface area contributed by atoms with E-state index in [1.807, 2.05) is 11.3 Å². The van der Waals surface area contributed by atoms with Crippen molar-refractivity contribution in [2.45, 2.75) is 46.6 Å². The van der Waals surface area contributed by atoms with Gasteiger partial charge in [-0.25, -0.2) is 0 Å². The van der Waals surface area contributed by atoms with Crippen molar-refractivity contribution in [2.75, 3.05) is 5.32 Å². The number of anilines is 1. The molecule has 0 saturated heterocycles. The minimum atomic E-state index is 0.170. The molecule has 2 heteroatoms. The topological polar surface area (TPSA) is 12.0 Å². The smallest absolute Gasteiger partial charge is 0.0411 e. The summed E-state index contributed by atoms with van der Waals surface area (Å²) in [6.45, 7) is 12.0. The molecule has 0 atom stereocenters. The first-order valence-electron chi connectivity index (χ1n) is 6.77. The van der Waals surface area contributed by atoms with Crippen LogP contribution in [-0.4, -0.2) is 0 Å². The van der Waals surface area contributed by atoms with Gasteiger partial charge in [0.25, 0.3) is 0 Å². The summed E-state index contributed by atoms with van der Waals surface area (Å²) in [7, 11) is 0. The quantitative estimate of drug-likeness (QED) is 0.802. The Morgan fingerprint density at radius 2 is 1.79 bits per heavy atom. The summed E-state index contributed by atoms with van der Waals surface area (Å²) in [4.78, 5) is 2.80. The number of para-hydroxylation sites is 1. The van der Waals surface area contributed by atoms with Crippen LogP contribution < -0.4 is 5.32 Å². The Morgan fingerprint density at radius 3 is 2.37 bits per heavy atom. The van der Waals surface area contributed by atoms with Gasteiger partial charge in [-0.2, -0.15) is 0 Å². The van der Waals surface area contributed by atoms with Crippen LogP contribution in [-0.2, 0) is 12.0 Å². The predicted molar refractivity (Wildman–Crippen MR) is 86.3 cm³/mol. The molecule has 0 spiro atoms. The van der Waals surface area contributed by atoms with Crippen LogP contribution in [0.4, 0.5) is 5.69 Å². The van der Waals surface area contributed by atoms with E-state index in [0.717, 1.165) is 6.54 Å². The molecule has 2 rings (SSSR count). The molecule has 1 N–H and O–H groups in total. The normalized spacial score (nSPS) is 11.6. The SMILES string of the molecule is Cc1cc(CNc2ccccc2C(C)(C)C)c(C)s1. The number of rotatable bonds is 3. The second kappa shape index (κ2) is 5.38. The van der Waals surface area contributed by atoms with E-state index < -0.39 is 0 Å². The van der Waals surface area contributed by atoms with Crippen LogP contribution in [0.25, 0.3) is 0 Å². The first-order chi connectivity index (χ1) is 8.88. The highest BCUT2D eigenvalue weighted by Gasteiger charge is 2.17. The third-order valence-corrected chi connectivity index (χ3v) is 4.36. The molecule has 0 radical (unpaired) electrons. The van der Waals surface area contributed by atoms with Gasteiger partial charge in [-0.3, -0.25) is 0 Å². The Bertz CT molecular complexity index is 561. The maximum absolute atomic E-state index is 3.60. The maximum Gasteiger partial charge on any atom is 0.0411 e. The van der Waals surface area contributed by atoms with Crippen LogP contribution in [0, 0.1) is 13.8 Å². The molecule has 1 nitrogen and oxygen atoms in total. The monoisotopic (exact) mass is 273 g/mol. The molecule has 1 heterocycles. The lowest BCUT2D eigenvalue weighted by atomic mass is 9.86. The third-order valence-electron chi connectivity index (χ3n) is 3.35. The minimum absolute atomic E-state index is 0.170. The first-order valence-corrected chi connectivity index (χ1v) is 7.59. The highest BCUT2D eigenvalue weighted by Crippen LogP contribution is 2.30. The highest BCUT2D eigenvalue weighted by molar-refractivity contribution is 7.12. The van der Waals surface area contributed by atoms with Crippen molar-refractivity contribution < 1.29 is 0 Å². The van der Waals surface area contributed by atoms with Gasteiger partial charge < -0.3 is 5.32 Å². The Morgan fingerprint density at radius 1 is 1.11 bits per heavy atom. The second-order valence-electron chi connectivity index (χ2n) is 6.09. The lowest BCUT2D eigenvalue weighted by Crippen LogP contribution is -2.14. The maximum atomic E-state index is 3.60. The molecular weight excluding hydrogens is 250 g/mol. The summed E-state index contributed by atoms with van der Waals surface area (Å²) in [6.07, 6.45) is 0. The summed E-state index contributed by atoms with van der Waals surface area (Å²) in [6, 6.07) is 10.9. The molecule has 0 aliphatic rings. The van der Waals surface area contributed by atoms with Crippen molar-refractivity contribution in [3.8, 4) is 0 Å². The zero-order valence-electron chi connectivity index (χ0n) is 12.5. The molecule has 0 saturated carbocycles. The molecule has 0 amide bonds. The highest BCUT2D eigenvalue weighted by atomic mass is 32.1. The second-order valence-corrected chi connectivity index (χ2v) is 7.55. The summed E-state index contributed by atoms with van der Waals surface area (Å²) >= 11 is 1.87. The van der Waals surface area contributed by atoms with Gasteiger partial charge in [-0.15, -0.1) is 11.3 Å². The molecule has 0 aliphatic carbocycles. The lowest BCUT2D eigenvalue weighted by Gasteiger charge is -2.23. The van der Waals surface area contributed by atoms with Gasteiger partial charge in [-0.1, -0.05) is 39.0 Å². The van der Waals surface area contributed by atoms with Gasteiger partial charge in [0.1, 0.15) is 0 Å². The minimum Gasteiger partial charge on any atom is -0.381 e. The van der Waals surface area contributed by atoms with E-state index in [4.69, 9.17) is 0 Å². The van der Waals surface area contributed by atoms with Crippen LogP contribution >= 0.6 is 11.3 Å². The van der Waals surface area contributed by atoms with Crippen molar-refractivity contribution >= 4 is 17.0 Å². The Labute approximate surface area is 120 Å². The standard InChI is InChI=1S/C17H23NS/c1-12-10-14(13(2)19-12)11-18-16-9-7-6-8-15(16)17(3,4)5/h6-10,18H,11H2,1-5H3. The summed E-state index contributed by atoms with van der Waals surface area (Å²) < 4.78 is 0. The first kappa shape index (κ1) is 14.1. The molecule has 102 valence electrons. The summed E-state index contributed by atoms with van der Waals surface area (Å²) in [5, 5.41) is 3.60. The van der Waals surface area contributed by atoms with E-state index in [9.17, 15) is 0 Å². The zero-order chi connectivity index (χ0) is 14.0. The van der Waals surface area contributed by atoms with E-state index in [0.29, 0.717) is 0 Å². The molecule has 0 aliphatic heterocycles. The Kier molecular flexibility index (Phi) is 4.00.